The van der Waals surface area contributed by atoms with E-state index in [1.54, 1.807) is 6.07 Å². The molecular weight excluding hydrogens is 435 g/mol. The van der Waals surface area contributed by atoms with Gasteiger partial charge in [0.15, 0.2) is 0 Å². The minimum Gasteiger partial charge on any atom is -0.319 e. The Bertz CT molecular complexity index is 942. The molecule has 1 heterocycles. The number of nitrogens with one attached hydrogen (secondary N) is 1. The largest absolute Gasteiger partial charge is 0.319 e. The Balaban J connectivity index is 1.83. The summed E-state index contributed by atoms with van der Waals surface area (Å²) in [6, 6.07) is 10.2. The maximum Gasteiger partial charge on any atom is 0.255 e. The maximum absolute atomic E-state index is 13.9. The Kier molecular flexibility index (Phi) is 6.29. The van der Waals surface area contributed by atoms with Crippen LogP contribution in [0.15, 0.2) is 51.8 Å². The van der Waals surface area contributed by atoms with Crippen LogP contribution in [0.4, 0.5) is 10.1 Å². The molecule has 1 saturated heterocycles. The van der Waals surface area contributed by atoms with Gasteiger partial charge in [0.2, 0.25) is 10.0 Å². The summed E-state index contributed by atoms with van der Waals surface area (Å²) in [6.07, 6.45) is 3.71. The van der Waals surface area contributed by atoms with Crippen molar-refractivity contribution >= 4 is 37.5 Å². The van der Waals surface area contributed by atoms with E-state index in [1.165, 1.54) is 40.7 Å². The highest BCUT2D eigenvalue weighted by Gasteiger charge is 2.25. The van der Waals surface area contributed by atoms with Crippen molar-refractivity contribution in [2.24, 2.45) is 0 Å². The van der Waals surface area contributed by atoms with Gasteiger partial charge in [-0.25, -0.2) is 12.8 Å². The van der Waals surface area contributed by atoms with Gasteiger partial charge in [-0.1, -0.05) is 34.8 Å². The van der Waals surface area contributed by atoms with Gasteiger partial charge in [0.1, 0.15) is 5.82 Å². The molecule has 5 nitrogen and oxygen atoms in total. The van der Waals surface area contributed by atoms with Crippen molar-refractivity contribution in [2.45, 2.75) is 30.6 Å². The van der Waals surface area contributed by atoms with Crippen molar-refractivity contribution in [1.82, 2.24) is 4.31 Å². The number of nitrogens with zero attached hydrogens (tertiary/aromatic N) is 1. The Morgan fingerprint density at radius 3 is 2.41 bits per heavy atom. The summed E-state index contributed by atoms with van der Waals surface area (Å²) in [5.41, 5.74) is 0.192. The number of amides is 1. The second-order valence-corrected chi connectivity index (χ2v) is 9.28. The van der Waals surface area contributed by atoms with Crippen LogP contribution in [-0.4, -0.2) is 31.7 Å². The van der Waals surface area contributed by atoms with E-state index in [2.05, 4.69) is 21.2 Å². The fraction of sp³-hybridized carbons (Fsp3) is 0.316. The van der Waals surface area contributed by atoms with Gasteiger partial charge in [-0.3, -0.25) is 4.79 Å². The predicted octanol–water partition coefficient (Wildman–Crippen LogP) is 4.41. The summed E-state index contributed by atoms with van der Waals surface area (Å²) >= 11 is 3.16. The standard InChI is InChI=1S/C19H20BrFN2O3S/c20-15-8-9-18(17(21)13-15)22-19(24)14-6-5-7-16(12-14)27(25,26)23-10-3-1-2-4-11-23/h5-9,12-13H,1-4,10-11H2,(H,22,24). The number of halogens is 2. The molecule has 2 aromatic rings. The summed E-state index contributed by atoms with van der Waals surface area (Å²) in [4.78, 5) is 12.5. The molecule has 0 spiro atoms. The number of rotatable bonds is 4. The van der Waals surface area contributed by atoms with Crippen molar-refractivity contribution in [3.05, 3.63) is 58.3 Å². The first-order chi connectivity index (χ1) is 12.9. The molecule has 2 aromatic carbocycles. The smallest absolute Gasteiger partial charge is 0.255 e. The van der Waals surface area contributed by atoms with E-state index in [4.69, 9.17) is 0 Å². The minimum absolute atomic E-state index is 0.0315. The van der Waals surface area contributed by atoms with Gasteiger partial charge in [-0.05, 0) is 49.2 Å². The fourth-order valence-corrected chi connectivity index (χ4v) is 4.91. The predicted molar refractivity (Wildman–Crippen MR) is 106 cm³/mol. The monoisotopic (exact) mass is 454 g/mol. The van der Waals surface area contributed by atoms with Crippen LogP contribution in [0.25, 0.3) is 0 Å². The molecule has 0 saturated carbocycles. The lowest BCUT2D eigenvalue weighted by Gasteiger charge is -2.20. The van der Waals surface area contributed by atoms with Crippen LogP contribution in [0, 0.1) is 5.82 Å². The number of hydrogen-bond acceptors (Lipinski definition) is 3. The van der Waals surface area contributed by atoms with Crippen LogP contribution in [0.3, 0.4) is 0 Å². The molecule has 27 heavy (non-hydrogen) atoms. The summed E-state index contributed by atoms with van der Waals surface area (Å²) in [5, 5.41) is 2.48. The SMILES string of the molecule is O=C(Nc1ccc(Br)cc1F)c1cccc(S(=O)(=O)N2CCCCCC2)c1. The van der Waals surface area contributed by atoms with Gasteiger partial charge in [0.05, 0.1) is 10.6 Å². The first-order valence-corrected chi connectivity index (χ1v) is 11.0. The highest BCUT2D eigenvalue weighted by atomic mass is 79.9. The first-order valence-electron chi connectivity index (χ1n) is 8.74. The van der Waals surface area contributed by atoms with Gasteiger partial charge >= 0.3 is 0 Å². The number of sulfonamides is 1. The molecule has 0 aromatic heterocycles. The number of anilines is 1. The van der Waals surface area contributed by atoms with Crippen molar-refractivity contribution < 1.29 is 17.6 Å². The van der Waals surface area contributed by atoms with Crippen LogP contribution in [0.5, 0.6) is 0 Å². The average Bonchev–Trinajstić information content (AvgIpc) is 2.94. The van der Waals surface area contributed by atoms with Crippen molar-refractivity contribution in [3.63, 3.8) is 0 Å². The molecule has 144 valence electrons. The lowest BCUT2D eigenvalue weighted by molar-refractivity contribution is 0.102. The highest BCUT2D eigenvalue weighted by Crippen LogP contribution is 2.23. The van der Waals surface area contributed by atoms with Crippen molar-refractivity contribution in [1.29, 1.82) is 0 Å². The molecular formula is C19H20BrFN2O3S. The van der Waals surface area contributed by atoms with Gasteiger partial charge in [-0.15, -0.1) is 0 Å². The lowest BCUT2D eigenvalue weighted by atomic mass is 10.2. The molecule has 1 amide bonds. The number of carbonyl (C=O) groups excluding carboxylic acids is 1. The average molecular weight is 455 g/mol. The number of carbonyl (C=O) groups is 1. The van der Waals surface area contributed by atoms with E-state index in [0.717, 1.165) is 25.7 Å². The summed E-state index contributed by atoms with van der Waals surface area (Å²) < 4.78 is 41.8. The molecule has 0 radical (unpaired) electrons. The van der Waals surface area contributed by atoms with Gasteiger partial charge in [-0.2, -0.15) is 4.31 Å². The normalized spacial score (nSPS) is 15.9. The van der Waals surface area contributed by atoms with E-state index in [1.807, 2.05) is 0 Å². The Hall–Kier alpha value is -1.77. The topological polar surface area (TPSA) is 66.5 Å². The zero-order valence-electron chi connectivity index (χ0n) is 14.6. The van der Waals surface area contributed by atoms with Crippen LogP contribution >= 0.6 is 15.9 Å². The second-order valence-electron chi connectivity index (χ2n) is 6.42. The van der Waals surface area contributed by atoms with Crippen molar-refractivity contribution in [2.75, 3.05) is 18.4 Å². The van der Waals surface area contributed by atoms with Gasteiger partial charge in [0, 0.05) is 23.1 Å². The fourth-order valence-electron chi connectivity index (χ4n) is 3.01. The molecule has 1 aliphatic rings. The number of hydrogen-bond donors (Lipinski definition) is 1. The number of benzene rings is 2. The van der Waals surface area contributed by atoms with E-state index in [0.29, 0.717) is 17.6 Å². The van der Waals surface area contributed by atoms with Crippen LogP contribution in [0.1, 0.15) is 36.0 Å². The van der Waals surface area contributed by atoms with E-state index >= 15 is 0 Å². The third-order valence-corrected chi connectivity index (χ3v) is 6.87. The lowest BCUT2D eigenvalue weighted by Crippen LogP contribution is -2.32. The Labute approximate surface area is 166 Å². The summed E-state index contributed by atoms with van der Waals surface area (Å²) in [7, 11) is -3.65. The minimum atomic E-state index is -3.65. The molecule has 3 rings (SSSR count). The van der Waals surface area contributed by atoms with Gasteiger partial charge < -0.3 is 5.32 Å². The van der Waals surface area contributed by atoms with Gasteiger partial charge in [0.25, 0.3) is 5.91 Å². The van der Waals surface area contributed by atoms with Crippen molar-refractivity contribution in [3.8, 4) is 0 Å². The zero-order valence-corrected chi connectivity index (χ0v) is 17.0. The Morgan fingerprint density at radius 1 is 1.04 bits per heavy atom. The molecule has 0 unspecified atom stereocenters. The van der Waals surface area contributed by atoms with Crippen LogP contribution in [0.2, 0.25) is 0 Å². The molecule has 0 bridgehead atoms. The van der Waals surface area contributed by atoms with E-state index in [9.17, 15) is 17.6 Å². The third kappa shape index (κ3) is 4.75. The quantitative estimate of drug-likeness (QED) is 0.743. The van der Waals surface area contributed by atoms with E-state index < -0.39 is 21.7 Å². The second kappa shape index (κ2) is 8.50. The maximum atomic E-state index is 13.9. The third-order valence-electron chi connectivity index (χ3n) is 4.48. The molecule has 8 heteroatoms. The molecule has 0 aliphatic carbocycles. The zero-order chi connectivity index (χ0) is 19.4. The molecule has 1 aliphatic heterocycles. The Morgan fingerprint density at radius 2 is 1.74 bits per heavy atom. The molecule has 1 fully saturated rings. The summed E-state index contributed by atoms with van der Waals surface area (Å²) in [5.74, 6) is -1.14. The van der Waals surface area contributed by atoms with E-state index in [-0.39, 0.29) is 16.1 Å². The van der Waals surface area contributed by atoms with Crippen LogP contribution in [-0.2, 0) is 10.0 Å². The van der Waals surface area contributed by atoms with Crippen LogP contribution < -0.4 is 5.32 Å². The first kappa shape index (κ1) is 20.0. The highest BCUT2D eigenvalue weighted by molar-refractivity contribution is 9.10. The molecule has 0 atom stereocenters. The molecule has 1 N–H and O–H groups in total. The summed E-state index contributed by atoms with van der Waals surface area (Å²) in [6.45, 7) is 0.978.